The predicted octanol–water partition coefficient (Wildman–Crippen LogP) is 4.88. The highest BCUT2D eigenvalue weighted by atomic mass is 35.5. The first-order valence-electron chi connectivity index (χ1n) is 9.46. The first-order valence-corrected chi connectivity index (χ1v) is 11.7. The van der Waals surface area contributed by atoms with Crippen LogP contribution in [0.1, 0.15) is 13.8 Å². The van der Waals surface area contributed by atoms with Gasteiger partial charge in [0.2, 0.25) is 10.0 Å². The van der Waals surface area contributed by atoms with Crippen molar-refractivity contribution < 1.29 is 8.42 Å². The summed E-state index contributed by atoms with van der Waals surface area (Å²) < 4.78 is 26.6. The van der Waals surface area contributed by atoms with Crippen LogP contribution in [0.4, 0.5) is 28.7 Å². The minimum Gasteiger partial charge on any atom is -0.393 e. The standard InChI is InChI=1S/C20H22Cl2N6O2S/c1-3-28(4-2)31(29,30)15-8-6-14(7-9-15)26-19-18(23)20(25-12-24-19)27-17-11-13(21)5-10-16(17)22/h5-12H,3-4,23H2,1-2H3,(H2,24,25,26,27). The second kappa shape index (κ2) is 9.69. The summed E-state index contributed by atoms with van der Waals surface area (Å²) in [4.78, 5) is 8.54. The molecule has 164 valence electrons. The maximum Gasteiger partial charge on any atom is 0.243 e. The second-order valence-electron chi connectivity index (χ2n) is 6.47. The normalized spacial score (nSPS) is 11.5. The van der Waals surface area contributed by atoms with Gasteiger partial charge in [0.25, 0.3) is 0 Å². The van der Waals surface area contributed by atoms with E-state index in [4.69, 9.17) is 28.9 Å². The summed E-state index contributed by atoms with van der Waals surface area (Å²) in [6, 6.07) is 11.4. The molecule has 0 spiro atoms. The molecule has 11 heteroatoms. The van der Waals surface area contributed by atoms with Crippen LogP contribution in [0.15, 0.2) is 53.7 Å². The van der Waals surface area contributed by atoms with Gasteiger partial charge in [-0.2, -0.15) is 4.31 Å². The summed E-state index contributed by atoms with van der Waals surface area (Å²) in [5.74, 6) is 0.706. The molecule has 31 heavy (non-hydrogen) atoms. The fraction of sp³-hybridized carbons (Fsp3) is 0.200. The van der Waals surface area contributed by atoms with Crippen LogP contribution < -0.4 is 16.4 Å². The molecule has 0 radical (unpaired) electrons. The van der Waals surface area contributed by atoms with Crippen molar-refractivity contribution in [2.24, 2.45) is 0 Å². The number of nitrogen functional groups attached to an aromatic ring is 1. The Bertz CT molecular complexity index is 1170. The molecule has 0 fully saturated rings. The van der Waals surface area contributed by atoms with Gasteiger partial charge in [-0.05, 0) is 42.5 Å². The van der Waals surface area contributed by atoms with Gasteiger partial charge >= 0.3 is 0 Å². The molecule has 0 aliphatic heterocycles. The lowest BCUT2D eigenvalue weighted by Crippen LogP contribution is -2.30. The van der Waals surface area contributed by atoms with Crippen LogP contribution in [0, 0.1) is 0 Å². The topological polar surface area (TPSA) is 113 Å². The third-order valence-corrected chi connectivity index (χ3v) is 7.15. The minimum atomic E-state index is -3.53. The molecular formula is C20H22Cl2N6O2S. The molecule has 8 nitrogen and oxygen atoms in total. The average Bonchev–Trinajstić information content (AvgIpc) is 2.74. The maximum atomic E-state index is 12.6. The molecule has 0 unspecified atom stereocenters. The Morgan fingerprint density at radius 1 is 0.968 bits per heavy atom. The molecule has 4 N–H and O–H groups in total. The number of nitrogens with zero attached hydrogens (tertiary/aromatic N) is 3. The van der Waals surface area contributed by atoms with Crippen molar-refractivity contribution in [3.8, 4) is 0 Å². The Hall–Kier alpha value is -2.59. The Balaban J connectivity index is 1.82. The van der Waals surface area contributed by atoms with E-state index in [1.54, 1.807) is 44.2 Å². The third kappa shape index (κ3) is 5.19. The Morgan fingerprint density at radius 2 is 1.58 bits per heavy atom. The summed E-state index contributed by atoms with van der Waals surface area (Å²) in [6.45, 7) is 4.42. The molecule has 0 saturated heterocycles. The number of rotatable bonds is 8. The number of aromatic nitrogens is 2. The van der Waals surface area contributed by atoms with Crippen LogP contribution in [-0.2, 0) is 10.0 Å². The van der Waals surface area contributed by atoms with Gasteiger partial charge in [0.15, 0.2) is 11.6 Å². The number of halogens is 2. The highest BCUT2D eigenvalue weighted by Crippen LogP contribution is 2.32. The molecule has 1 heterocycles. The highest BCUT2D eigenvalue weighted by Gasteiger charge is 2.21. The van der Waals surface area contributed by atoms with Gasteiger partial charge in [-0.25, -0.2) is 18.4 Å². The zero-order chi connectivity index (χ0) is 22.6. The number of nitrogens with one attached hydrogen (secondary N) is 2. The van der Waals surface area contributed by atoms with E-state index in [1.165, 1.54) is 22.8 Å². The molecule has 0 aliphatic carbocycles. The maximum absolute atomic E-state index is 12.6. The first kappa shape index (κ1) is 23.1. The molecule has 0 bridgehead atoms. The Morgan fingerprint density at radius 3 is 2.19 bits per heavy atom. The first-order chi connectivity index (χ1) is 14.8. The van der Waals surface area contributed by atoms with E-state index in [1.807, 2.05) is 0 Å². The van der Waals surface area contributed by atoms with Crippen LogP contribution in [-0.4, -0.2) is 35.8 Å². The third-order valence-electron chi connectivity index (χ3n) is 4.53. The van der Waals surface area contributed by atoms with Crippen molar-refractivity contribution >= 4 is 61.9 Å². The van der Waals surface area contributed by atoms with Crippen molar-refractivity contribution in [1.29, 1.82) is 0 Å². The van der Waals surface area contributed by atoms with Crippen LogP contribution >= 0.6 is 23.2 Å². The smallest absolute Gasteiger partial charge is 0.243 e. The van der Waals surface area contributed by atoms with E-state index in [9.17, 15) is 8.42 Å². The fourth-order valence-corrected chi connectivity index (χ4v) is 4.67. The molecule has 0 atom stereocenters. The number of hydrogen-bond donors (Lipinski definition) is 3. The van der Waals surface area contributed by atoms with Crippen LogP contribution in [0.2, 0.25) is 10.0 Å². The number of sulfonamides is 1. The molecule has 0 amide bonds. The second-order valence-corrected chi connectivity index (χ2v) is 9.25. The van der Waals surface area contributed by atoms with Crippen LogP contribution in [0.25, 0.3) is 0 Å². The van der Waals surface area contributed by atoms with Gasteiger partial charge in [-0.3, -0.25) is 0 Å². The minimum absolute atomic E-state index is 0.218. The zero-order valence-electron chi connectivity index (χ0n) is 16.9. The van der Waals surface area contributed by atoms with Crippen molar-refractivity contribution in [3.05, 3.63) is 58.8 Å². The lowest BCUT2D eigenvalue weighted by atomic mass is 10.3. The van der Waals surface area contributed by atoms with Crippen molar-refractivity contribution in [2.75, 3.05) is 29.5 Å². The number of benzene rings is 2. The lowest BCUT2D eigenvalue weighted by molar-refractivity contribution is 0.445. The highest BCUT2D eigenvalue weighted by molar-refractivity contribution is 7.89. The van der Waals surface area contributed by atoms with E-state index in [0.717, 1.165) is 0 Å². The summed E-state index contributed by atoms with van der Waals surface area (Å²) in [5, 5.41) is 7.09. The monoisotopic (exact) mass is 480 g/mol. The van der Waals surface area contributed by atoms with Crippen LogP contribution in [0.3, 0.4) is 0 Å². The summed E-state index contributed by atoms with van der Waals surface area (Å²) in [5.41, 5.74) is 7.65. The predicted molar refractivity (Wildman–Crippen MR) is 126 cm³/mol. The van der Waals surface area contributed by atoms with Crippen molar-refractivity contribution in [2.45, 2.75) is 18.7 Å². The quantitative estimate of drug-likeness (QED) is 0.420. The Kier molecular flexibility index (Phi) is 7.22. The van der Waals surface area contributed by atoms with E-state index < -0.39 is 10.0 Å². The van der Waals surface area contributed by atoms with Gasteiger partial charge < -0.3 is 16.4 Å². The molecular weight excluding hydrogens is 459 g/mol. The molecule has 0 aliphatic rings. The summed E-state index contributed by atoms with van der Waals surface area (Å²) in [6.07, 6.45) is 1.35. The van der Waals surface area contributed by atoms with Gasteiger partial charge in [0.05, 0.1) is 15.6 Å². The van der Waals surface area contributed by atoms with Gasteiger partial charge in [-0.1, -0.05) is 37.0 Å². The molecule has 2 aromatic carbocycles. The fourth-order valence-electron chi connectivity index (χ4n) is 2.88. The van der Waals surface area contributed by atoms with Gasteiger partial charge in [-0.15, -0.1) is 0 Å². The molecule has 3 aromatic rings. The number of anilines is 5. The zero-order valence-corrected chi connectivity index (χ0v) is 19.3. The lowest BCUT2D eigenvalue weighted by Gasteiger charge is -2.18. The molecule has 0 saturated carbocycles. The van der Waals surface area contributed by atoms with Crippen LogP contribution in [0.5, 0.6) is 0 Å². The van der Waals surface area contributed by atoms with E-state index in [0.29, 0.717) is 46.1 Å². The number of hydrogen-bond acceptors (Lipinski definition) is 7. The largest absolute Gasteiger partial charge is 0.393 e. The van der Waals surface area contributed by atoms with Crippen molar-refractivity contribution in [3.63, 3.8) is 0 Å². The molecule has 1 aromatic heterocycles. The Labute approximate surface area is 191 Å². The number of nitrogens with two attached hydrogens (primary N) is 1. The van der Waals surface area contributed by atoms with Gasteiger partial charge in [0.1, 0.15) is 12.0 Å². The van der Waals surface area contributed by atoms with Crippen molar-refractivity contribution in [1.82, 2.24) is 14.3 Å². The van der Waals surface area contributed by atoms with E-state index in [2.05, 4.69) is 20.6 Å². The SMILES string of the molecule is CCN(CC)S(=O)(=O)c1ccc(Nc2ncnc(Nc3cc(Cl)ccc3Cl)c2N)cc1. The summed E-state index contributed by atoms with van der Waals surface area (Å²) in [7, 11) is -3.53. The van der Waals surface area contributed by atoms with E-state index >= 15 is 0 Å². The van der Waals surface area contributed by atoms with E-state index in [-0.39, 0.29) is 10.6 Å². The van der Waals surface area contributed by atoms with Gasteiger partial charge in [0, 0.05) is 23.8 Å². The molecule has 3 rings (SSSR count). The average molecular weight is 481 g/mol. The summed E-state index contributed by atoms with van der Waals surface area (Å²) >= 11 is 12.2.